The Morgan fingerprint density at radius 2 is 1.88 bits per heavy atom. The molecule has 1 aliphatic heterocycles. The largest absolute Gasteiger partial charge is 0.492 e. The molecule has 5 fully saturated rings. The standard InChI is InChI=1S/C43H53F2N3O8/c1-23-17-31-30-11-8-25-18-27(49)12-13-40(25,3)42(30,45)34(51)20-41(31,4)43(23,54)33(50)7-6-16-56-39(53)29-22-48(26-9-10-26)35-28(37(29)52)19-32(44)36(38(35)55-5)47-15-14-46-24(2)21-47/h12-13,18-19,22-24,26,30-31,34,46,51,54H,6-11,14-17,20-21H2,1-5H3/t23-,24?,30+,31+,34+,40+,41+,42+,43+/m0/s1. The van der Waals surface area contributed by atoms with Gasteiger partial charge in [0, 0.05) is 61.1 Å². The summed E-state index contributed by atoms with van der Waals surface area (Å²) in [4.78, 5) is 55.5. The summed E-state index contributed by atoms with van der Waals surface area (Å²) in [6.07, 6.45) is 7.08. The second-order valence-corrected chi connectivity index (χ2v) is 17.8. The molecule has 5 aliphatic carbocycles. The number of anilines is 1. The smallest absolute Gasteiger partial charge is 0.343 e. The SMILES string of the molecule is COc1c(N2CCNC(C)C2)c(F)cc2c(=O)c(C(=O)OCCCC(=O)[C@]3(O)[C@@H](C)C[C@@H]4[C@H]5CCC6=CC(=O)C=C[C@@]6(C)[C@]5(F)[C@H](O)C[C@]43C)cn(C3CC3)c12. The van der Waals surface area contributed by atoms with Crippen molar-refractivity contribution in [3.8, 4) is 5.75 Å². The van der Waals surface area contributed by atoms with E-state index in [0.29, 0.717) is 50.0 Å². The van der Waals surface area contributed by atoms with Crippen molar-refractivity contribution in [2.24, 2.45) is 28.6 Å². The molecule has 302 valence electrons. The zero-order valence-corrected chi connectivity index (χ0v) is 32.8. The fourth-order valence-electron chi connectivity index (χ4n) is 11.7. The number of rotatable bonds is 9. The van der Waals surface area contributed by atoms with Gasteiger partial charge in [-0.25, -0.2) is 13.6 Å². The zero-order chi connectivity index (χ0) is 40.1. The first-order valence-electron chi connectivity index (χ1n) is 20.2. The van der Waals surface area contributed by atoms with Crippen LogP contribution in [0.15, 0.2) is 40.9 Å². The maximum Gasteiger partial charge on any atom is 0.343 e. The number of aromatic nitrogens is 1. The number of Topliss-reactive ketones (excluding diaryl/α,β-unsaturated/α-hetero) is 1. The lowest BCUT2D eigenvalue weighted by molar-refractivity contribution is -0.219. The first-order valence-corrected chi connectivity index (χ1v) is 20.2. The average Bonchev–Trinajstić information content (AvgIpc) is 3.98. The summed E-state index contributed by atoms with van der Waals surface area (Å²) >= 11 is 0. The van der Waals surface area contributed by atoms with E-state index in [4.69, 9.17) is 9.47 Å². The molecule has 0 amide bonds. The molecule has 6 aliphatic rings. The number of aliphatic hydroxyl groups excluding tert-OH is 1. The van der Waals surface area contributed by atoms with Crippen molar-refractivity contribution in [2.75, 3.05) is 38.3 Å². The summed E-state index contributed by atoms with van der Waals surface area (Å²) in [6.45, 7) is 8.87. The van der Waals surface area contributed by atoms with Gasteiger partial charge in [0.25, 0.3) is 0 Å². The first-order chi connectivity index (χ1) is 26.5. The Morgan fingerprint density at radius 1 is 1.12 bits per heavy atom. The number of ketones is 2. The van der Waals surface area contributed by atoms with Crippen molar-refractivity contribution in [2.45, 2.75) is 109 Å². The zero-order valence-electron chi connectivity index (χ0n) is 32.8. The van der Waals surface area contributed by atoms with Crippen LogP contribution in [0.25, 0.3) is 10.9 Å². The summed E-state index contributed by atoms with van der Waals surface area (Å²) in [5.41, 5.74) is -5.80. The number of piperazine rings is 1. The van der Waals surface area contributed by atoms with Gasteiger partial charge in [-0.3, -0.25) is 14.4 Å². The molecule has 1 saturated heterocycles. The highest BCUT2D eigenvalue weighted by Gasteiger charge is 2.75. The third kappa shape index (κ3) is 5.50. The molecule has 4 saturated carbocycles. The van der Waals surface area contributed by atoms with Crippen molar-refractivity contribution in [1.82, 2.24) is 9.88 Å². The van der Waals surface area contributed by atoms with E-state index in [2.05, 4.69) is 5.32 Å². The van der Waals surface area contributed by atoms with Gasteiger partial charge < -0.3 is 34.5 Å². The molecular weight excluding hydrogens is 724 g/mol. The van der Waals surface area contributed by atoms with Gasteiger partial charge in [0.05, 0.1) is 30.7 Å². The van der Waals surface area contributed by atoms with Crippen LogP contribution in [0.2, 0.25) is 0 Å². The number of nitrogens with one attached hydrogen (secondary N) is 1. The Labute approximate surface area is 325 Å². The number of nitrogens with zero attached hydrogens (tertiary/aromatic N) is 2. The van der Waals surface area contributed by atoms with E-state index in [1.165, 1.54) is 31.5 Å². The Kier molecular flexibility index (Phi) is 9.44. The van der Waals surface area contributed by atoms with Gasteiger partial charge in [0.1, 0.15) is 16.9 Å². The minimum absolute atomic E-state index is 0.00468. The normalized spacial score (nSPS) is 36.4. The number of aliphatic hydroxyl groups is 2. The second kappa shape index (κ2) is 13.6. The number of methoxy groups -OCH3 is 1. The molecule has 8 rings (SSSR count). The number of hydrogen-bond acceptors (Lipinski definition) is 10. The molecular formula is C43H53F2N3O8. The highest BCUT2D eigenvalue weighted by molar-refractivity contribution is 6.01. The maximum atomic E-state index is 17.5. The van der Waals surface area contributed by atoms with E-state index >= 15 is 8.78 Å². The van der Waals surface area contributed by atoms with Crippen LogP contribution in [0.1, 0.15) is 95.5 Å². The van der Waals surface area contributed by atoms with Gasteiger partial charge in [0.2, 0.25) is 5.43 Å². The number of fused-ring (bicyclic) bond motifs is 6. The molecule has 0 spiro atoms. The molecule has 13 heteroatoms. The Balaban J connectivity index is 0.990. The summed E-state index contributed by atoms with van der Waals surface area (Å²) in [5.74, 6) is -3.51. The van der Waals surface area contributed by atoms with Crippen LogP contribution < -0.4 is 20.4 Å². The van der Waals surface area contributed by atoms with E-state index < -0.39 is 69.0 Å². The topological polar surface area (TPSA) is 147 Å². The summed E-state index contributed by atoms with van der Waals surface area (Å²) in [7, 11) is 1.45. The number of benzene rings is 1. The van der Waals surface area contributed by atoms with Gasteiger partial charge in [-0.05, 0) is 88.8 Å². The third-order valence-corrected chi connectivity index (χ3v) is 14.7. The number of carbonyl (C=O) groups excluding carboxylic acids is 3. The first kappa shape index (κ1) is 38.9. The van der Waals surface area contributed by atoms with Crippen LogP contribution in [0, 0.1) is 34.4 Å². The monoisotopic (exact) mass is 777 g/mol. The minimum atomic E-state index is -2.08. The Bertz CT molecular complexity index is 2130. The van der Waals surface area contributed by atoms with Crippen LogP contribution in [0.4, 0.5) is 14.5 Å². The number of allylic oxidation sites excluding steroid dienone is 4. The predicted molar refractivity (Wildman–Crippen MR) is 205 cm³/mol. The molecule has 2 aromatic rings. The number of halogens is 2. The lowest BCUT2D eigenvalue weighted by Crippen LogP contribution is -2.69. The fourth-order valence-corrected chi connectivity index (χ4v) is 11.7. The van der Waals surface area contributed by atoms with E-state index in [0.717, 1.165) is 12.8 Å². The molecule has 9 atom stereocenters. The Hall–Kier alpha value is -3.94. The molecule has 1 aromatic carbocycles. The lowest BCUT2D eigenvalue weighted by Gasteiger charge is -2.62. The third-order valence-electron chi connectivity index (χ3n) is 14.7. The Morgan fingerprint density at radius 3 is 2.57 bits per heavy atom. The highest BCUT2D eigenvalue weighted by atomic mass is 19.1. The molecule has 11 nitrogen and oxygen atoms in total. The molecule has 0 radical (unpaired) electrons. The van der Waals surface area contributed by atoms with Gasteiger partial charge >= 0.3 is 5.97 Å². The molecule has 1 aromatic heterocycles. The van der Waals surface area contributed by atoms with E-state index in [9.17, 15) is 29.4 Å². The van der Waals surface area contributed by atoms with E-state index in [1.54, 1.807) is 26.8 Å². The molecule has 56 heavy (non-hydrogen) atoms. The summed E-state index contributed by atoms with van der Waals surface area (Å²) < 4.78 is 46.6. The molecule has 3 N–H and O–H groups in total. The fraction of sp³-hybridized carbons (Fsp3) is 0.628. The van der Waals surface area contributed by atoms with E-state index in [1.807, 2.05) is 16.4 Å². The number of hydrogen-bond donors (Lipinski definition) is 3. The second-order valence-electron chi connectivity index (χ2n) is 17.8. The highest BCUT2D eigenvalue weighted by Crippen LogP contribution is 2.70. The number of esters is 1. The van der Waals surface area contributed by atoms with Gasteiger partial charge in [-0.1, -0.05) is 25.5 Å². The maximum absolute atomic E-state index is 17.5. The van der Waals surface area contributed by atoms with Gasteiger partial charge in [-0.15, -0.1) is 0 Å². The van der Waals surface area contributed by atoms with Crippen LogP contribution >= 0.6 is 0 Å². The number of alkyl halides is 1. The summed E-state index contributed by atoms with van der Waals surface area (Å²) in [5, 5.41) is 27.4. The van der Waals surface area contributed by atoms with Gasteiger partial charge in [-0.2, -0.15) is 0 Å². The van der Waals surface area contributed by atoms with Crippen molar-refractivity contribution in [3.63, 3.8) is 0 Å². The summed E-state index contributed by atoms with van der Waals surface area (Å²) in [6, 6.07) is 1.30. The predicted octanol–water partition coefficient (Wildman–Crippen LogP) is 5.14. The van der Waals surface area contributed by atoms with Crippen molar-refractivity contribution >= 4 is 34.1 Å². The molecule has 0 bridgehead atoms. The van der Waals surface area contributed by atoms with Crippen LogP contribution in [0.3, 0.4) is 0 Å². The van der Waals surface area contributed by atoms with E-state index in [-0.39, 0.29) is 66.1 Å². The van der Waals surface area contributed by atoms with Crippen LogP contribution in [0.5, 0.6) is 5.75 Å². The van der Waals surface area contributed by atoms with Crippen molar-refractivity contribution < 1.29 is 42.9 Å². The van der Waals surface area contributed by atoms with Crippen LogP contribution in [-0.4, -0.2) is 89.1 Å². The molecule has 2 heterocycles. The van der Waals surface area contributed by atoms with Crippen molar-refractivity contribution in [3.05, 3.63) is 57.7 Å². The number of carbonyl (C=O) groups is 3. The average molecular weight is 778 g/mol. The number of pyridine rings is 1. The lowest BCUT2D eigenvalue weighted by atomic mass is 9.44. The molecule has 1 unspecified atom stereocenters. The number of ether oxygens (including phenoxy) is 2. The van der Waals surface area contributed by atoms with Gasteiger partial charge in [0.15, 0.2) is 28.8 Å². The minimum Gasteiger partial charge on any atom is -0.492 e. The van der Waals surface area contributed by atoms with Crippen LogP contribution in [-0.2, 0) is 14.3 Å². The van der Waals surface area contributed by atoms with Crippen molar-refractivity contribution in [1.29, 1.82) is 0 Å². The quantitative estimate of drug-likeness (QED) is 0.231.